The number of nitrogens with zero attached hydrogens (tertiary/aromatic N) is 1. The number of amides is 2. The van der Waals surface area contributed by atoms with E-state index in [1.54, 1.807) is 16.7 Å². The van der Waals surface area contributed by atoms with Crippen molar-refractivity contribution in [3.63, 3.8) is 0 Å². The minimum absolute atomic E-state index is 0.0535. The first-order valence-electron chi connectivity index (χ1n) is 9.43. The smallest absolute Gasteiger partial charge is 0.238 e. The van der Waals surface area contributed by atoms with Gasteiger partial charge in [-0.1, -0.05) is 18.6 Å². The van der Waals surface area contributed by atoms with Crippen molar-refractivity contribution >= 4 is 35.0 Å². The average Bonchev–Trinajstić information content (AvgIpc) is 3.26. The van der Waals surface area contributed by atoms with Gasteiger partial charge in [-0.3, -0.25) is 14.5 Å². The molecule has 3 aliphatic rings. The molecule has 2 aromatic carbocycles. The number of hydrogen-bond donors (Lipinski definition) is 1. The highest BCUT2D eigenvalue weighted by Gasteiger charge is 2.35. The third kappa shape index (κ3) is 3.09. The van der Waals surface area contributed by atoms with Gasteiger partial charge in [0, 0.05) is 23.4 Å². The fraction of sp³-hybridized carbons (Fsp3) is 0.333. The summed E-state index contributed by atoms with van der Waals surface area (Å²) < 4.78 is 10.8. The predicted molar refractivity (Wildman–Crippen MR) is 108 cm³/mol. The first-order chi connectivity index (χ1) is 13.7. The van der Waals surface area contributed by atoms with Gasteiger partial charge in [0.25, 0.3) is 0 Å². The Morgan fingerprint density at radius 1 is 1.11 bits per heavy atom. The van der Waals surface area contributed by atoms with Crippen LogP contribution in [0.1, 0.15) is 30.2 Å². The number of hydrogen-bond acceptors (Lipinski definition) is 5. The number of nitrogens with one attached hydrogen (secondary N) is 1. The molecule has 0 unspecified atom stereocenters. The molecule has 2 aliphatic heterocycles. The highest BCUT2D eigenvalue weighted by molar-refractivity contribution is 8.00. The Bertz CT molecular complexity index is 944. The van der Waals surface area contributed by atoms with E-state index < -0.39 is 0 Å². The largest absolute Gasteiger partial charge is 0.454 e. The number of ether oxygens (including phenoxy) is 2. The van der Waals surface area contributed by atoms with E-state index in [-0.39, 0.29) is 29.9 Å². The second-order valence-electron chi connectivity index (χ2n) is 7.21. The van der Waals surface area contributed by atoms with Crippen LogP contribution < -0.4 is 19.7 Å². The molecule has 0 bridgehead atoms. The molecular weight excluding hydrogens is 376 g/mol. The molecule has 6 nitrogen and oxygen atoms in total. The topological polar surface area (TPSA) is 67.9 Å². The number of benzene rings is 2. The first-order valence-corrected chi connectivity index (χ1v) is 10.5. The van der Waals surface area contributed by atoms with E-state index in [1.165, 1.54) is 0 Å². The zero-order valence-electron chi connectivity index (χ0n) is 15.2. The molecule has 0 aromatic heterocycles. The van der Waals surface area contributed by atoms with Crippen LogP contribution in [0, 0.1) is 5.92 Å². The van der Waals surface area contributed by atoms with Crippen LogP contribution in [0.5, 0.6) is 11.5 Å². The van der Waals surface area contributed by atoms with E-state index in [0.717, 1.165) is 36.2 Å². The molecule has 2 amide bonds. The molecule has 7 heteroatoms. The Morgan fingerprint density at radius 2 is 1.96 bits per heavy atom. The van der Waals surface area contributed by atoms with Crippen LogP contribution in [-0.2, 0) is 9.59 Å². The van der Waals surface area contributed by atoms with Crippen LogP contribution in [-0.4, -0.2) is 24.4 Å². The highest BCUT2D eigenvalue weighted by atomic mass is 32.2. The van der Waals surface area contributed by atoms with E-state index in [0.29, 0.717) is 17.3 Å². The molecule has 0 spiro atoms. The molecule has 2 aromatic rings. The number of carbonyl (C=O) groups is 2. The van der Waals surface area contributed by atoms with Gasteiger partial charge in [0.15, 0.2) is 11.5 Å². The maximum absolute atomic E-state index is 12.6. The molecule has 1 saturated carbocycles. The van der Waals surface area contributed by atoms with Gasteiger partial charge in [-0.2, -0.15) is 0 Å². The van der Waals surface area contributed by atoms with Gasteiger partial charge in [0.1, 0.15) is 5.37 Å². The Hall–Kier alpha value is -2.67. The molecule has 0 radical (unpaired) electrons. The lowest BCUT2D eigenvalue weighted by molar-refractivity contribution is -0.122. The standard InChI is InChI=1S/C21H20N2O4S/c24-19-11-28-21(23(19)16-7-8-17-18(10-16)27-12-26-17)14-5-2-6-15(9-14)22-20(25)13-3-1-4-13/h2,5-10,13,21H,1,3-4,11-12H2,(H,22,25)/t21-/m1/s1. The van der Waals surface area contributed by atoms with Crippen LogP contribution in [0.3, 0.4) is 0 Å². The maximum atomic E-state index is 12.6. The van der Waals surface area contributed by atoms with Crippen molar-refractivity contribution in [2.75, 3.05) is 22.8 Å². The molecule has 5 rings (SSSR count). The van der Waals surface area contributed by atoms with Gasteiger partial charge in [-0.15, -0.1) is 11.8 Å². The molecule has 1 atom stereocenters. The summed E-state index contributed by atoms with van der Waals surface area (Å²) in [6.45, 7) is 0.202. The Kier molecular flexibility index (Phi) is 4.39. The van der Waals surface area contributed by atoms with Gasteiger partial charge in [0.2, 0.25) is 18.6 Å². The summed E-state index contributed by atoms with van der Waals surface area (Å²) in [7, 11) is 0. The summed E-state index contributed by atoms with van der Waals surface area (Å²) in [5.74, 6) is 2.04. The van der Waals surface area contributed by atoms with Gasteiger partial charge in [0.05, 0.1) is 5.75 Å². The molecule has 28 heavy (non-hydrogen) atoms. The zero-order valence-corrected chi connectivity index (χ0v) is 16.0. The fourth-order valence-electron chi connectivity index (χ4n) is 3.67. The number of fused-ring (bicyclic) bond motifs is 1. The predicted octanol–water partition coefficient (Wildman–Crippen LogP) is 3.93. The normalized spacial score (nSPS) is 20.9. The van der Waals surface area contributed by atoms with Crippen molar-refractivity contribution in [2.24, 2.45) is 5.92 Å². The van der Waals surface area contributed by atoms with Crippen molar-refractivity contribution in [1.82, 2.24) is 0 Å². The van der Waals surface area contributed by atoms with E-state index in [1.807, 2.05) is 42.5 Å². The van der Waals surface area contributed by atoms with Crippen LogP contribution in [0.4, 0.5) is 11.4 Å². The van der Waals surface area contributed by atoms with Crippen LogP contribution in [0.2, 0.25) is 0 Å². The number of carbonyl (C=O) groups excluding carboxylic acids is 2. The number of thioether (sulfide) groups is 1. The summed E-state index contributed by atoms with van der Waals surface area (Å²) in [6, 6.07) is 13.3. The van der Waals surface area contributed by atoms with Crippen molar-refractivity contribution in [3.8, 4) is 11.5 Å². The molecule has 2 fully saturated rings. The van der Waals surface area contributed by atoms with Crippen LogP contribution >= 0.6 is 11.8 Å². The van der Waals surface area contributed by atoms with Crippen molar-refractivity contribution in [2.45, 2.75) is 24.6 Å². The average molecular weight is 396 g/mol. The zero-order chi connectivity index (χ0) is 19.1. The fourth-order valence-corrected chi connectivity index (χ4v) is 4.84. The maximum Gasteiger partial charge on any atom is 0.238 e. The van der Waals surface area contributed by atoms with Gasteiger partial charge < -0.3 is 14.8 Å². The molecule has 1 saturated heterocycles. The Morgan fingerprint density at radius 3 is 2.79 bits per heavy atom. The lowest BCUT2D eigenvalue weighted by Gasteiger charge is -2.26. The van der Waals surface area contributed by atoms with E-state index in [9.17, 15) is 9.59 Å². The third-order valence-corrected chi connectivity index (χ3v) is 6.63. The second kappa shape index (κ2) is 7.05. The van der Waals surface area contributed by atoms with Crippen molar-refractivity contribution in [3.05, 3.63) is 48.0 Å². The van der Waals surface area contributed by atoms with Gasteiger partial charge in [-0.25, -0.2) is 0 Å². The van der Waals surface area contributed by atoms with Gasteiger partial charge >= 0.3 is 0 Å². The van der Waals surface area contributed by atoms with Crippen molar-refractivity contribution in [1.29, 1.82) is 0 Å². The Balaban J connectivity index is 1.41. The molecule has 144 valence electrons. The van der Waals surface area contributed by atoms with E-state index in [2.05, 4.69) is 5.32 Å². The Labute approximate surface area is 167 Å². The summed E-state index contributed by atoms with van der Waals surface area (Å²) in [5.41, 5.74) is 2.55. The van der Waals surface area contributed by atoms with E-state index >= 15 is 0 Å². The summed E-state index contributed by atoms with van der Waals surface area (Å²) in [5, 5.41) is 2.87. The summed E-state index contributed by atoms with van der Waals surface area (Å²) in [6.07, 6.45) is 3.07. The molecule has 2 heterocycles. The van der Waals surface area contributed by atoms with Crippen LogP contribution in [0.15, 0.2) is 42.5 Å². The minimum atomic E-state index is -0.145. The number of rotatable bonds is 4. The molecule has 1 N–H and O–H groups in total. The monoisotopic (exact) mass is 396 g/mol. The molecule has 1 aliphatic carbocycles. The lowest BCUT2D eigenvalue weighted by atomic mass is 9.85. The quantitative estimate of drug-likeness (QED) is 0.848. The minimum Gasteiger partial charge on any atom is -0.454 e. The number of anilines is 2. The molecular formula is C21H20N2O4S. The summed E-state index contributed by atoms with van der Waals surface area (Å²) in [4.78, 5) is 26.7. The first kappa shape index (κ1) is 17.4. The SMILES string of the molecule is O=C(Nc1cccc([C@H]2SCC(=O)N2c2ccc3c(c2)OCO3)c1)C1CCC1. The second-order valence-corrected chi connectivity index (χ2v) is 8.28. The van der Waals surface area contributed by atoms with E-state index in [4.69, 9.17) is 9.47 Å². The summed E-state index contributed by atoms with van der Waals surface area (Å²) >= 11 is 1.58. The lowest BCUT2D eigenvalue weighted by Crippen LogP contribution is -2.29. The third-order valence-electron chi connectivity index (χ3n) is 5.42. The van der Waals surface area contributed by atoms with Gasteiger partial charge in [-0.05, 0) is 42.7 Å². The highest BCUT2D eigenvalue weighted by Crippen LogP contribution is 2.45. The van der Waals surface area contributed by atoms with Crippen LogP contribution in [0.25, 0.3) is 0 Å². The van der Waals surface area contributed by atoms with Crippen molar-refractivity contribution < 1.29 is 19.1 Å².